The Morgan fingerprint density at radius 3 is 2.50 bits per heavy atom. The minimum atomic E-state index is 0. The molecule has 0 aromatic heterocycles. The first kappa shape index (κ1) is 13.2. The fourth-order valence-corrected chi connectivity index (χ4v) is 1.31. The molecule has 1 aromatic rings. The molecular weight excluding hydrogens is 194 g/mol. The first-order valence-corrected chi connectivity index (χ1v) is 4.58. The summed E-state index contributed by atoms with van der Waals surface area (Å²) in [7, 11) is 0. The van der Waals surface area contributed by atoms with Gasteiger partial charge in [-0.1, -0.05) is 24.3 Å². The van der Waals surface area contributed by atoms with Gasteiger partial charge >= 0.3 is 0 Å². The first-order chi connectivity index (χ1) is 6.15. The van der Waals surface area contributed by atoms with Crippen LogP contribution in [0.3, 0.4) is 0 Å². The van der Waals surface area contributed by atoms with Crippen LogP contribution in [0, 0.1) is 13.8 Å². The zero-order valence-corrected chi connectivity index (χ0v) is 9.60. The Balaban J connectivity index is 0.00000169. The average Bonchev–Trinajstić information content (AvgIpc) is 2.10. The van der Waals surface area contributed by atoms with Crippen LogP contribution < -0.4 is 5.73 Å². The van der Waals surface area contributed by atoms with Gasteiger partial charge in [0, 0.05) is 6.04 Å². The highest BCUT2D eigenvalue weighted by Gasteiger charge is 2.04. The quantitative estimate of drug-likeness (QED) is 0.763. The summed E-state index contributed by atoms with van der Waals surface area (Å²) in [5.74, 6) is 0. The fourth-order valence-electron chi connectivity index (χ4n) is 1.31. The molecule has 1 rings (SSSR count). The lowest BCUT2D eigenvalue weighted by Crippen LogP contribution is -2.09. The van der Waals surface area contributed by atoms with Crippen molar-refractivity contribution in [1.82, 2.24) is 0 Å². The van der Waals surface area contributed by atoms with E-state index in [1.54, 1.807) is 0 Å². The molecule has 0 radical (unpaired) electrons. The highest BCUT2D eigenvalue weighted by atomic mass is 35.5. The molecule has 1 nitrogen and oxygen atoms in total. The number of hydrogen-bond donors (Lipinski definition) is 1. The van der Waals surface area contributed by atoms with Gasteiger partial charge in [0.15, 0.2) is 0 Å². The summed E-state index contributed by atoms with van der Waals surface area (Å²) in [5, 5.41) is 0. The molecule has 14 heavy (non-hydrogen) atoms. The molecule has 0 fully saturated rings. The van der Waals surface area contributed by atoms with Gasteiger partial charge in [0.1, 0.15) is 0 Å². The average molecular weight is 212 g/mol. The van der Waals surface area contributed by atoms with Gasteiger partial charge in [0.25, 0.3) is 0 Å². The van der Waals surface area contributed by atoms with Crippen molar-refractivity contribution < 1.29 is 0 Å². The third-order valence-electron chi connectivity index (χ3n) is 2.38. The summed E-state index contributed by atoms with van der Waals surface area (Å²) < 4.78 is 0. The van der Waals surface area contributed by atoms with Crippen LogP contribution in [-0.2, 0) is 0 Å². The van der Waals surface area contributed by atoms with Gasteiger partial charge in [-0.05, 0) is 37.0 Å². The smallest absolute Gasteiger partial charge is 0.0329 e. The summed E-state index contributed by atoms with van der Waals surface area (Å²) in [4.78, 5) is 0. The molecule has 0 aliphatic heterocycles. The minimum Gasteiger partial charge on any atom is -0.324 e. The third kappa shape index (κ3) is 3.17. The van der Waals surface area contributed by atoms with E-state index in [1.807, 2.05) is 6.08 Å². The van der Waals surface area contributed by atoms with E-state index in [1.165, 1.54) is 16.7 Å². The molecule has 0 heterocycles. The van der Waals surface area contributed by atoms with Crippen molar-refractivity contribution >= 4 is 12.4 Å². The molecule has 1 atom stereocenters. The molecule has 2 N–H and O–H groups in total. The Hall–Kier alpha value is -0.790. The van der Waals surface area contributed by atoms with Gasteiger partial charge < -0.3 is 5.73 Å². The molecular formula is C12H18ClN. The zero-order valence-electron chi connectivity index (χ0n) is 8.79. The second-order valence-corrected chi connectivity index (χ2v) is 3.47. The molecule has 2 heteroatoms. The molecule has 0 unspecified atom stereocenters. The molecule has 78 valence electrons. The number of hydrogen-bond acceptors (Lipinski definition) is 1. The van der Waals surface area contributed by atoms with E-state index in [0.29, 0.717) is 0 Å². The number of aryl methyl sites for hydroxylation is 2. The summed E-state index contributed by atoms with van der Waals surface area (Å²) >= 11 is 0. The number of benzene rings is 1. The second-order valence-electron chi connectivity index (χ2n) is 3.47. The Bertz CT molecular complexity index is 307. The van der Waals surface area contributed by atoms with Gasteiger partial charge in [-0.3, -0.25) is 0 Å². The van der Waals surface area contributed by atoms with Crippen LogP contribution in [0.2, 0.25) is 0 Å². The summed E-state index contributed by atoms with van der Waals surface area (Å²) in [6, 6.07) is 6.46. The van der Waals surface area contributed by atoms with Crippen molar-refractivity contribution in [1.29, 1.82) is 0 Å². The van der Waals surface area contributed by atoms with Crippen LogP contribution in [0.25, 0.3) is 0 Å². The van der Waals surface area contributed by atoms with E-state index in [-0.39, 0.29) is 18.4 Å². The maximum Gasteiger partial charge on any atom is 0.0329 e. The van der Waals surface area contributed by atoms with Crippen LogP contribution in [0.15, 0.2) is 30.9 Å². The van der Waals surface area contributed by atoms with Crippen molar-refractivity contribution in [2.75, 3.05) is 0 Å². The lowest BCUT2D eigenvalue weighted by atomic mass is 10.00. The largest absolute Gasteiger partial charge is 0.324 e. The third-order valence-corrected chi connectivity index (χ3v) is 2.38. The Kier molecular flexibility index (Phi) is 5.51. The number of halogens is 1. The second kappa shape index (κ2) is 5.84. The van der Waals surface area contributed by atoms with Crippen molar-refractivity contribution in [3.05, 3.63) is 47.5 Å². The van der Waals surface area contributed by atoms with Gasteiger partial charge in [-0.25, -0.2) is 0 Å². The van der Waals surface area contributed by atoms with E-state index in [0.717, 1.165) is 6.42 Å². The number of nitrogens with two attached hydrogens (primary N) is 1. The van der Waals surface area contributed by atoms with E-state index < -0.39 is 0 Å². The Labute approximate surface area is 92.4 Å². The molecule has 0 amide bonds. The molecule has 0 spiro atoms. The number of rotatable bonds is 3. The SMILES string of the molecule is C=CC[C@@H](N)c1ccc(C)c(C)c1.Cl. The van der Waals surface area contributed by atoms with Crippen LogP contribution >= 0.6 is 12.4 Å². The highest BCUT2D eigenvalue weighted by molar-refractivity contribution is 5.85. The van der Waals surface area contributed by atoms with Gasteiger partial charge in [-0.15, -0.1) is 19.0 Å². The lowest BCUT2D eigenvalue weighted by molar-refractivity contribution is 0.740. The molecule has 0 bridgehead atoms. The predicted octanol–water partition coefficient (Wildman–Crippen LogP) is 3.30. The molecule has 1 aromatic carbocycles. The van der Waals surface area contributed by atoms with E-state index in [9.17, 15) is 0 Å². The lowest BCUT2D eigenvalue weighted by Gasteiger charge is -2.11. The van der Waals surface area contributed by atoms with E-state index in [4.69, 9.17) is 5.73 Å². The minimum absolute atomic E-state index is 0. The Morgan fingerprint density at radius 2 is 2.00 bits per heavy atom. The maximum atomic E-state index is 5.95. The van der Waals surface area contributed by atoms with Crippen LogP contribution in [0.4, 0.5) is 0 Å². The zero-order chi connectivity index (χ0) is 9.84. The van der Waals surface area contributed by atoms with E-state index in [2.05, 4.69) is 38.6 Å². The van der Waals surface area contributed by atoms with Crippen LogP contribution in [-0.4, -0.2) is 0 Å². The summed E-state index contributed by atoms with van der Waals surface area (Å²) in [6.45, 7) is 7.91. The van der Waals surface area contributed by atoms with Gasteiger partial charge in [0.2, 0.25) is 0 Å². The first-order valence-electron chi connectivity index (χ1n) is 4.58. The maximum absolute atomic E-state index is 5.95. The highest BCUT2D eigenvalue weighted by Crippen LogP contribution is 2.17. The van der Waals surface area contributed by atoms with Crippen LogP contribution in [0.5, 0.6) is 0 Å². The van der Waals surface area contributed by atoms with Gasteiger partial charge in [0.05, 0.1) is 0 Å². The molecule has 0 saturated heterocycles. The monoisotopic (exact) mass is 211 g/mol. The Morgan fingerprint density at radius 1 is 1.36 bits per heavy atom. The van der Waals surface area contributed by atoms with Crippen molar-refractivity contribution in [2.24, 2.45) is 5.73 Å². The standard InChI is InChI=1S/C12H17N.ClH/c1-4-5-12(13)11-7-6-9(2)10(3)8-11;/h4,6-8,12H,1,5,13H2,2-3H3;1H/t12-;/m1./s1. The van der Waals surface area contributed by atoms with Crippen molar-refractivity contribution in [3.8, 4) is 0 Å². The normalized spacial score (nSPS) is 11.6. The van der Waals surface area contributed by atoms with Crippen molar-refractivity contribution in [2.45, 2.75) is 26.3 Å². The molecule has 0 saturated carbocycles. The topological polar surface area (TPSA) is 26.0 Å². The predicted molar refractivity (Wildman–Crippen MR) is 64.9 cm³/mol. The van der Waals surface area contributed by atoms with E-state index >= 15 is 0 Å². The molecule has 0 aliphatic rings. The molecule has 0 aliphatic carbocycles. The van der Waals surface area contributed by atoms with Gasteiger partial charge in [-0.2, -0.15) is 0 Å². The fraction of sp³-hybridized carbons (Fsp3) is 0.333. The summed E-state index contributed by atoms with van der Waals surface area (Å²) in [6.07, 6.45) is 2.70. The summed E-state index contributed by atoms with van der Waals surface area (Å²) in [5.41, 5.74) is 9.77. The van der Waals surface area contributed by atoms with Crippen LogP contribution in [0.1, 0.15) is 29.2 Å². The van der Waals surface area contributed by atoms with Crippen molar-refractivity contribution in [3.63, 3.8) is 0 Å².